The summed E-state index contributed by atoms with van der Waals surface area (Å²) in [6.45, 7) is 13.0. The van der Waals surface area contributed by atoms with Gasteiger partial charge in [0.25, 0.3) is 0 Å². The quantitative estimate of drug-likeness (QED) is 0.566. The van der Waals surface area contributed by atoms with Gasteiger partial charge >= 0.3 is 0 Å². The Kier molecular flexibility index (Phi) is 6.65. The van der Waals surface area contributed by atoms with Gasteiger partial charge in [-0.2, -0.15) is 0 Å². The van der Waals surface area contributed by atoms with E-state index in [0.29, 0.717) is 0 Å². The molecule has 0 spiro atoms. The molecule has 1 aromatic carbocycles. The zero-order chi connectivity index (χ0) is 14.1. The molecule has 19 heavy (non-hydrogen) atoms. The largest absolute Gasteiger partial charge is 0.493 e. The Bertz CT molecular complexity index is 379. The van der Waals surface area contributed by atoms with Crippen molar-refractivity contribution in [3.05, 3.63) is 42.5 Å². The maximum Gasteiger partial charge on any atom is 0.123 e. The van der Waals surface area contributed by atoms with Crippen molar-refractivity contribution in [2.45, 2.75) is 39.0 Å². The van der Waals surface area contributed by atoms with Gasteiger partial charge in [-0.25, -0.2) is 0 Å². The summed E-state index contributed by atoms with van der Waals surface area (Å²) in [5.74, 6) is 1.02. The van der Waals surface area contributed by atoms with Crippen LogP contribution in [-0.4, -0.2) is 19.7 Å². The minimum absolute atomic E-state index is 0.127. The molecule has 0 aliphatic carbocycles. The number of benzene rings is 1. The van der Waals surface area contributed by atoms with Crippen molar-refractivity contribution >= 4 is 0 Å². The van der Waals surface area contributed by atoms with E-state index in [1.54, 1.807) is 0 Å². The molecular formula is C17H27NO. The Hall–Kier alpha value is -1.28. The van der Waals surface area contributed by atoms with E-state index >= 15 is 0 Å². The first-order chi connectivity index (χ1) is 9.05. The fourth-order valence-corrected chi connectivity index (χ4v) is 1.95. The van der Waals surface area contributed by atoms with Crippen LogP contribution in [0.1, 0.15) is 39.2 Å². The third-order valence-electron chi connectivity index (χ3n) is 2.99. The summed E-state index contributed by atoms with van der Waals surface area (Å²) in [5.41, 5.74) is 1.40. The lowest BCUT2D eigenvalue weighted by atomic mass is 9.86. The minimum atomic E-state index is 0.127. The summed E-state index contributed by atoms with van der Waals surface area (Å²) in [4.78, 5) is 0. The topological polar surface area (TPSA) is 21.3 Å². The highest BCUT2D eigenvalue weighted by atomic mass is 16.5. The van der Waals surface area contributed by atoms with Gasteiger partial charge in [0.2, 0.25) is 0 Å². The number of nitrogens with one attached hydrogen (secondary N) is 1. The van der Waals surface area contributed by atoms with Crippen molar-refractivity contribution in [1.29, 1.82) is 0 Å². The maximum absolute atomic E-state index is 5.92. The molecule has 106 valence electrons. The van der Waals surface area contributed by atoms with Crippen molar-refractivity contribution in [1.82, 2.24) is 5.32 Å². The highest BCUT2D eigenvalue weighted by molar-refractivity contribution is 5.38. The lowest BCUT2D eigenvalue weighted by Gasteiger charge is -2.22. The number of hydrogen-bond donors (Lipinski definition) is 1. The highest BCUT2D eigenvalue weighted by Gasteiger charge is 2.17. The van der Waals surface area contributed by atoms with Gasteiger partial charge in [-0.15, -0.1) is 6.58 Å². The fraction of sp³-hybridized carbons (Fsp3) is 0.529. The second kappa shape index (κ2) is 8.00. The van der Waals surface area contributed by atoms with Crippen LogP contribution in [0, 0.1) is 0 Å². The molecule has 0 saturated heterocycles. The molecule has 0 aliphatic heterocycles. The smallest absolute Gasteiger partial charge is 0.123 e. The predicted molar refractivity (Wildman–Crippen MR) is 82.9 cm³/mol. The van der Waals surface area contributed by atoms with Gasteiger partial charge in [0.05, 0.1) is 6.61 Å². The SMILES string of the molecule is C=CCNCCCCOc1ccccc1C(C)(C)C. The Morgan fingerprint density at radius 1 is 1.21 bits per heavy atom. The molecule has 1 N–H and O–H groups in total. The van der Waals surface area contributed by atoms with E-state index in [1.807, 2.05) is 12.1 Å². The highest BCUT2D eigenvalue weighted by Crippen LogP contribution is 2.30. The van der Waals surface area contributed by atoms with E-state index < -0.39 is 0 Å². The van der Waals surface area contributed by atoms with Gasteiger partial charge in [-0.05, 0) is 36.4 Å². The summed E-state index contributed by atoms with van der Waals surface area (Å²) in [6.07, 6.45) is 4.09. The molecule has 0 aromatic heterocycles. The molecule has 0 heterocycles. The summed E-state index contributed by atoms with van der Waals surface area (Å²) in [6, 6.07) is 8.33. The minimum Gasteiger partial charge on any atom is -0.493 e. The molecule has 0 amide bonds. The van der Waals surface area contributed by atoms with E-state index in [2.05, 4.69) is 50.9 Å². The van der Waals surface area contributed by atoms with Gasteiger partial charge in [-0.1, -0.05) is 45.0 Å². The van der Waals surface area contributed by atoms with Crippen LogP contribution in [0.3, 0.4) is 0 Å². The first-order valence-corrected chi connectivity index (χ1v) is 7.09. The monoisotopic (exact) mass is 261 g/mol. The van der Waals surface area contributed by atoms with E-state index in [1.165, 1.54) is 5.56 Å². The van der Waals surface area contributed by atoms with Gasteiger partial charge in [0.1, 0.15) is 5.75 Å². The normalized spacial score (nSPS) is 11.3. The number of hydrogen-bond acceptors (Lipinski definition) is 2. The lowest BCUT2D eigenvalue weighted by Crippen LogP contribution is -2.16. The van der Waals surface area contributed by atoms with Crippen molar-refractivity contribution < 1.29 is 4.74 Å². The molecule has 0 bridgehead atoms. The standard InChI is InChI=1S/C17H27NO/c1-5-12-18-13-8-9-14-19-16-11-7-6-10-15(16)17(2,3)4/h5-7,10-11,18H,1,8-9,12-14H2,2-4H3. The Morgan fingerprint density at radius 2 is 1.95 bits per heavy atom. The Balaban J connectivity index is 2.35. The average molecular weight is 261 g/mol. The van der Waals surface area contributed by atoms with Crippen molar-refractivity contribution in [3.8, 4) is 5.75 Å². The summed E-state index contributed by atoms with van der Waals surface area (Å²) in [5, 5.41) is 3.30. The number of para-hydroxylation sites is 1. The van der Waals surface area contributed by atoms with E-state index in [0.717, 1.165) is 38.3 Å². The summed E-state index contributed by atoms with van der Waals surface area (Å²) in [7, 11) is 0. The van der Waals surface area contributed by atoms with Crippen LogP contribution in [0.5, 0.6) is 5.75 Å². The van der Waals surface area contributed by atoms with E-state index in [-0.39, 0.29) is 5.41 Å². The Labute approximate surface area is 117 Å². The summed E-state index contributed by atoms with van der Waals surface area (Å²) >= 11 is 0. The molecule has 0 unspecified atom stereocenters. The summed E-state index contributed by atoms with van der Waals surface area (Å²) < 4.78 is 5.92. The zero-order valence-corrected chi connectivity index (χ0v) is 12.5. The van der Waals surface area contributed by atoms with Crippen LogP contribution in [0.2, 0.25) is 0 Å². The second-order valence-electron chi connectivity index (χ2n) is 5.79. The van der Waals surface area contributed by atoms with Gasteiger partial charge in [-0.3, -0.25) is 0 Å². The van der Waals surface area contributed by atoms with Crippen LogP contribution in [0.4, 0.5) is 0 Å². The molecule has 2 nitrogen and oxygen atoms in total. The van der Waals surface area contributed by atoms with Crippen LogP contribution in [0.15, 0.2) is 36.9 Å². The van der Waals surface area contributed by atoms with Gasteiger partial charge in [0.15, 0.2) is 0 Å². The van der Waals surface area contributed by atoms with E-state index in [4.69, 9.17) is 4.74 Å². The molecule has 0 aliphatic rings. The van der Waals surface area contributed by atoms with Gasteiger partial charge in [0, 0.05) is 6.54 Å². The van der Waals surface area contributed by atoms with Gasteiger partial charge < -0.3 is 10.1 Å². The molecule has 1 aromatic rings. The second-order valence-corrected chi connectivity index (χ2v) is 5.79. The number of unbranched alkanes of at least 4 members (excludes halogenated alkanes) is 1. The third-order valence-corrected chi connectivity index (χ3v) is 2.99. The van der Waals surface area contributed by atoms with Crippen LogP contribution < -0.4 is 10.1 Å². The van der Waals surface area contributed by atoms with Crippen molar-refractivity contribution in [2.24, 2.45) is 0 Å². The third kappa shape index (κ3) is 5.93. The van der Waals surface area contributed by atoms with Crippen molar-refractivity contribution in [3.63, 3.8) is 0 Å². The number of ether oxygens (including phenoxy) is 1. The molecule has 0 atom stereocenters. The molecule has 0 radical (unpaired) electrons. The van der Waals surface area contributed by atoms with Crippen molar-refractivity contribution in [2.75, 3.05) is 19.7 Å². The zero-order valence-electron chi connectivity index (χ0n) is 12.5. The predicted octanol–water partition coefficient (Wildman–Crippen LogP) is 3.92. The van der Waals surface area contributed by atoms with Crippen LogP contribution in [-0.2, 0) is 5.41 Å². The first kappa shape index (κ1) is 15.8. The molecule has 2 heteroatoms. The lowest BCUT2D eigenvalue weighted by molar-refractivity contribution is 0.298. The van der Waals surface area contributed by atoms with Crippen LogP contribution in [0.25, 0.3) is 0 Å². The molecule has 1 rings (SSSR count). The van der Waals surface area contributed by atoms with E-state index in [9.17, 15) is 0 Å². The fourth-order valence-electron chi connectivity index (χ4n) is 1.95. The Morgan fingerprint density at radius 3 is 2.63 bits per heavy atom. The number of rotatable bonds is 8. The average Bonchev–Trinajstić information content (AvgIpc) is 2.37. The molecule has 0 fully saturated rings. The molecular weight excluding hydrogens is 234 g/mol. The first-order valence-electron chi connectivity index (χ1n) is 7.09. The maximum atomic E-state index is 5.92. The molecule has 0 saturated carbocycles. The van der Waals surface area contributed by atoms with Crippen LogP contribution >= 0.6 is 0 Å².